The Kier molecular flexibility index (Phi) is 4.77. The van der Waals surface area contributed by atoms with Crippen LogP contribution in [0.2, 0.25) is 0 Å². The van der Waals surface area contributed by atoms with Crippen LogP contribution in [0.5, 0.6) is 0 Å². The van der Waals surface area contributed by atoms with Crippen molar-refractivity contribution in [2.75, 3.05) is 19.7 Å². The van der Waals surface area contributed by atoms with Crippen LogP contribution in [-0.2, 0) is 14.3 Å². The minimum atomic E-state index is -1.92. The monoisotopic (exact) mass is 476 g/mol. The lowest BCUT2D eigenvalue weighted by Gasteiger charge is -2.61. The molecule has 0 radical (unpaired) electrons. The molecule has 1 aliphatic heterocycles. The predicted octanol–water partition coefficient (Wildman–Crippen LogP) is 2.89. The Morgan fingerprint density at radius 2 is 1.54 bits per heavy atom. The maximum absolute atomic E-state index is 13.3. The van der Waals surface area contributed by atoms with E-state index in [2.05, 4.69) is 17.4 Å². The third kappa shape index (κ3) is 3.34. The maximum Gasteiger partial charge on any atom is 0.408 e. The molecule has 6 rings (SSSR count). The average molecular weight is 477 g/mol. The van der Waals surface area contributed by atoms with Crippen LogP contribution in [0.25, 0.3) is 11.1 Å². The Morgan fingerprint density at radius 3 is 2.06 bits per heavy atom. The summed E-state index contributed by atoms with van der Waals surface area (Å²) in [7, 11) is 0. The van der Waals surface area contributed by atoms with Gasteiger partial charge in [-0.05, 0) is 53.4 Å². The molecule has 2 aromatic rings. The number of β-amino-alcohol motifs (C(OH)–C–C–N with tert-alkyl or cyclic N) is 1. The van der Waals surface area contributed by atoms with E-state index in [1.165, 1.54) is 4.90 Å². The summed E-state index contributed by atoms with van der Waals surface area (Å²) in [5, 5.41) is 22.1. The van der Waals surface area contributed by atoms with Crippen molar-refractivity contribution in [3.8, 4) is 11.1 Å². The van der Waals surface area contributed by atoms with Crippen LogP contribution in [0.15, 0.2) is 48.5 Å². The number of alkyl carbamates (subject to hydrolysis) is 1. The van der Waals surface area contributed by atoms with Crippen molar-refractivity contribution in [3.05, 3.63) is 59.7 Å². The van der Waals surface area contributed by atoms with Gasteiger partial charge in [0.05, 0.1) is 13.1 Å². The number of rotatable bonds is 5. The average Bonchev–Trinajstić information content (AvgIpc) is 3.09. The zero-order valence-corrected chi connectivity index (χ0v) is 19.3. The number of hydrogen-bond donors (Lipinski definition) is 3. The van der Waals surface area contributed by atoms with Gasteiger partial charge in [0.15, 0.2) is 5.60 Å². The number of fused-ring (bicyclic) bond motifs is 3. The lowest BCUT2D eigenvalue weighted by molar-refractivity contribution is -0.190. The van der Waals surface area contributed by atoms with Gasteiger partial charge in [-0.1, -0.05) is 55.0 Å². The van der Waals surface area contributed by atoms with Gasteiger partial charge < -0.3 is 25.2 Å². The number of aliphatic carboxylic acids is 1. The van der Waals surface area contributed by atoms with Crippen molar-refractivity contribution < 1.29 is 29.3 Å². The number of carbonyl (C=O) groups excluding carboxylic acids is 2. The molecule has 2 aromatic carbocycles. The number of aliphatic hydroxyl groups is 1. The molecule has 3 N–H and O–H groups in total. The molecule has 0 bridgehead atoms. The van der Waals surface area contributed by atoms with Crippen LogP contribution in [0.1, 0.15) is 49.1 Å². The topological polar surface area (TPSA) is 116 Å². The standard InChI is InChI=1S/C27H28N2O6/c30-22(29-15-27(34,16-29)23(31)32)26(13-25(14-26)10-5-11-25)28-24(33)35-12-21-19-8-3-1-6-17(19)18-7-2-4-9-20(18)21/h1-4,6-9,21,34H,5,10-16H2,(H,28,33)(H,31,32). The van der Waals surface area contributed by atoms with Gasteiger partial charge >= 0.3 is 12.1 Å². The van der Waals surface area contributed by atoms with E-state index in [4.69, 9.17) is 4.74 Å². The number of hydrogen-bond acceptors (Lipinski definition) is 5. The summed E-state index contributed by atoms with van der Waals surface area (Å²) in [4.78, 5) is 38.9. The summed E-state index contributed by atoms with van der Waals surface area (Å²) in [6, 6.07) is 16.2. The summed E-state index contributed by atoms with van der Waals surface area (Å²) < 4.78 is 5.69. The molecule has 1 saturated heterocycles. The van der Waals surface area contributed by atoms with E-state index in [9.17, 15) is 24.6 Å². The van der Waals surface area contributed by atoms with Gasteiger partial charge in [0.1, 0.15) is 12.1 Å². The first-order valence-electron chi connectivity index (χ1n) is 12.1. The lowest BCUT2D eigenvalue weighted by atomic mass is 9.48. The smallest absolute Gasteiger partial charge is 0.408 e. The predicted molar refractivity (Wildman–Crippen MR) is 126 cm³/mol. The van der Waals surface area contributed by atoms with E-state index in [1.807, 2.05) is 36.4 Å². The molecule has 2 amide bonds. The number of nitrogens with zero attached hydrogens (tertiary/aromatic N) is 1. The first-order valence-corrected chi connectivity index (χ1v) is 12.1. The zero-order valence-electron chi connectivity index (χ0n) is 19.3. The van der Waals surface area contributed by atoms with Crippen molar-refractivity contribution in [1.29, 1.82) is 0 Å². The maximum atomic E-state index is 13.3. The minimum Gasteiger partial charge on any atom is -0.479 e. The number of ether oxygens (including phenoxy) is 1. The molecule has 8 nitrogen and oxygen atoms in total. The highest BCUT2D eigenvalue weighted by molar-refractivity contribution is 5.94. The largest absolute Gasteiger partial charge is 0.479 e. The van der Waals surface area contributed by atoms with Gasteiger partial charge in [0, 0.05) is 5.92 Å². The van der Waals surface area contributed by atoms with Crippen LogP contribution in [0.4, 0.5) is 4.79 Å². The van der Waals surface area contributed by atoms with Gasteiger partial charge in [-0.15, -0.1) is 0 Å². The van der Waals surface area contributed by atoms with E-state index in [0.717, 1.165) is 41.5 Å². The number of benzene rings is 2. The van der Waals surface area contributed by atoms with Crippen molar-refractivity contribution in [3.63, 3.8) is 0 Å². The second-order valence-electron chi connectivity index (χ2n) is 10.7. The highest BCUT2D eigenvalue weighted by Crippen LogP contribution is 2.61. The number of likely N-dealkylation sites (tertiary alicyclic amines) is 1. The van der Waals surface area contributed by atoms with Gasteiger partial charge in [0.25, 0.3) is 0 Å². The van der Waals surface area contributed by atoms with Crippen LogP contribution in [0, 0.1) is 5.41 Å². The minimum absolute atomic E-state index is 0.0697. The molecule has 0 aromatic heterocycles. The highest BCUT2D eigenvalue weighted by atomic mass is 16.5. The highest BCUT2D eigenvalue weighted by Gasteiger charge is 2.64. The molecule has 1 spiro atoms. The Balaban J connectivity index is 1.15. The number of carboxylic acids is 1. The van der Waals surface area contributed by atoms with E-state index in [-0.39, 0.29) is 36.9 Å². The third-order valence-corrected chi connectivity index (χ3v) is 8.45. The third-order valence-electron chi connectivity index (χ3n) is 8.45. The number of nitrogens with one attached hydrogen (secondary N) is 1. The molecule has 4 aliphatic rings. The van der Waals surface area contributed by atoms with Crippen LogP contribution >= 0.6 is 0 Å². The van der Waals surface area contributed by atoms with Crippen molar-refractivity contribution in [1.82, 2.24) is 10.2 Å². The molecular formula is C27H28N2O6. The molecule has 1 heterocycles. The Labute approximate surface area is 202 Å². The molecule has 182 valence electrons. The quantitative estimate of drug-likeness (QED) is 0.611. The van der Waals surface area contributed by atoms with E-state index < -0.39 is 23.2 Å². The van der Waals surface area contributed by atoms with Gasteiger partial charge in [0.2, 0.25) is 5.91 Å². The Hall–Kier alpha value is -3.39. The van der Waals surface area contributed by atoms with E-state index in [1.54, 1.807) is 0 Å². The fourth-order valence-electron chi connectivity index (χ4n) is 6.55. The second kappa shape index (κ2) is 7.55. The first kappa shape index (κ1) is 22.1. The molecule has 2 saturated carbocycles. The molecular weight excluding hydrogens is 448 g/mol. The fraction of sp³-hybridized carbons (Fsp3) is 0.444. The lowest BCUT2D eigenvalue weighted by Crippen LogP contribution is -2.76. The molecule has 0 atom stereocenters. The van der Waals surface area contributed by atoms with Crippen LogP contribution < -0.4 is 5.32 Å². The summed E-state index contributed by atoms with van der Waals surface area (Å²) in [6.45, 7) is -0.400. The van der Waals surface area contributed by atoms with E-state index in [0.29, 0.717) is 12.8 Å². The van der Waals surface area contributed by atoms with Gasteiger partial charge in [-0.2, -0.15) is 0 Å². The van der Waals surface area contributed by atoms with Crippen molar-refractivity contribution in [2.45, 2.75) is 49.2 Å². The fourth-order valence-corrected chi connectivity index (χ4v) is 6.55. The Morgan fingerprint density at radius 1 is 0.971 bits per heavy atom. The van der Waals surface area contributed by atoms with Crippen molar-refractivity contribution in [2.24, 2.45) is 5.41 Å². The SMILES string of the molecule is O=C(NC1(C(=O)N2CC(O)(C(=O)O)C2)CC2(CCC2)C1)OCC1c2ccccc2-c2ccccc21. The summed E-state index contributed by atoms with van der Waals surface area (Å²) >= 11 is 0. The number of amides is 2. The van der Waals surface area contributed by atoms with Gasteiger partial charge in [-0.3, -0.25) is 4.79 Å². The van der Waals surface area contributed by atoms with E-state index >= 15 is 0 Å². The number of carboxylic acid groups (broad SMARTS) is 1. The summed E-state index contributed by atoms with van der Waals surface area (Å²) in [6.07, 6.45) is 3.54. The first-order chi connectivity index (χ1) is 16.7. The molecule has 8 heteroatoms. The van der Waals surface area contributed by atoms with Crippen LogP contribution in [-0.4, -0.2) is 63.9 Å². The molecule has 3 fully saturated rings. The Bertz CT molecular complexity index is 1180. The second-order valence-corrected chi connectivity index (χ2v) is 10.7. The molecule has 35 heavy (non-hydrogen) atoms. The molecule has 0 unspecified atom stereocenters. The normalized spacial score (nSPS) is 22.1. The molecule has 3 aliphatic carbocycles. The summed E-state index contributed by atoms with van der Waals surface area (Å²) in [5.74, 6) is -1.77. The van der Waals surface area contributed by atoms with Gasteiger partial charge in [-0.25, -0.2) is 9.59 Å². The van der Waals surface area contributed by atoms with Crippen molar-refractivity contribution >= 4 is 18.0 Å². The van der Waals surface area contributed by atoms with Crippen LogP contribution in [0.3, 0.4) is 0 Å². The zero-order chi connectivity index (χ0) is 24.4. The summed E-state index contributed by atoms with van der Waals surface area (Å²) in [5.41, 5.74) is 1.54. The number of carbonyl (C=O) groups is 3.